The molecule has 0 saturated carbocycles. The molecule has 7 nitrogen and oxygen atoms in total. The van der Waals surface area contributed by atoms with Crippen molar-refractivity contribution in [3.63, 3.8) is 0 Å². The zero-order valence-electron chi connectivity index (χ0n) is 17.7. The van der Waals surface area contributed by atoms with Crippen LogP contribution in [0.2, 0.25) is 0 Å². The van der Waals surface area contributed by atoms with Gasteiger partial charge >= 0.3 is 11.6 Å². The number of benzene rings is 2. The third-order valence-corrected chi connectivity index (χ3v) is 4.98. The molecule has 1 heterocycles. The van der Waals surface area contributed by atoms with Crippen molar-refractivity contribution in [2.24, 2.45) is 0 Å². The van der Waals surface area contributed by atoms with Crippen LogP contribution in [-0.4, -0.2) is 27.3 Å². The van der Waals surface area contributed by atoms with E-state index in [0.29, 0.717) is 34.0 Å². The maximum absolute atomic E-state index is 12.4. The summed E-state index contributed by atoms with van der Waals surface area (Å²) in [5.41, 5.74) is 3.18. The Morgan fingerprint density at radius 1 is 0.967 bits per heavy atom. The first-order chi connectivity index (χ1) is 14.4. The molecule has 0 N–H and O–H groups in total. The number of aryl methyl sites for hydroxylation is 2. The number of esters is 1. The summed E-state index contributed by atoms with van der Waals surface area (Å²) in [6, 6.07) is 8.55. The second kappa shape index (κ2) is 8.90. The molecule has 0 atom stereocenters. The number of carbonyl (C=O) groups is 1. The van der Waals surface area contributed by atoms with Gasteiger partial charge in [-0.2, -0.15) is 0 Å². The van der Waals surface area contributed by atoms with Crippen molar-refractivity contribution < 1.29 is 28.2 Å². The van der Waals surface area contributed by atoms with E-state index in [2.05, 4.69) is 0 Å². The average Bonchev–Trinajstić information content (AvgIpc) is 2.74. The minimum absolute atomic E-state index is 0.00816. The lowest BCUT2D eigenvalue weighted by Crippen LogP contribution is -2.10. The Labute approximate surface area is 174 Å². The van der Waals surface area contributed by atoms with E-state index in [1.807, 2.05) is 26.0 Å². The van der Waals surface area contributed by atoms with Gasteiger partial charge in [0.25, 0.3) is 0 Å². The Morgan fingerprint density at radius 2 is 1.63 bits per heavy atom. The van der Waals surface area contributed by atoms with Crippen LogP contribution < -0.4 is 19.8 Å². The van der Waals surface area contributed by atoms with E-state index in [-0.39, 0.29) is 13.0 Å². The van der Waals surface area contributed by atoms with Crippen LogP contribution in [0.5, 0.6) is 17.2 Å². The zero-order valence-corrected chi connectivity index (χ0v) is 17.7. The molecule has 0 spiro atoms. The van der Waals surface area contributed by atoms with Gasteiger partial charge in [0.1, 0.15) is 12.2 Å². The molecule has 2 aromatic carbocycles. The van der Waals surface area contributed by atoms with Gasteiger partial charge in [0.2, 0.25) is 5.75 Å². The van der Waals surface area contributed by atoms with E-state index in [1.165, 1.54) is 27.4 Å². The maximum atomic E-state index is 12.4. The van der Waals surface area contributed by atoms with Crippen LogP contribution in [0.1, 0.15) is 22.3 Å². The van der Waals surface area contributed by atoms with Crippen molar-refractivity contribution in [3.05, 3.63) is 63.0 Å². The Morgan fingerprint density at radius 3 is 2.23 bits per heavy atom. The summed E-state index contributed by atoms with van der Waals surface area (Å²) in [4.78, 5) is 24.4. The van der Waals surface area contributed by atoms with E-state index in [4.69, 9.17) is 23.4 Å². The van der Waals surface area contributed by atoms with E-state index < -0.39 is 11.6 Å². The molecule has 0 amide bonds. The largest absolute Gasteiger partial charge is 0.493 e. The second-order valence-electron chi connectivity index (χ2n) is 6.85. The number of methoxy groups -OCH3 is 3. The lowest BCUT2D eigenvalue weighted by atomic mass is 10.0. The molecule has 0 fully saturated rings. The van der Waals surface area contributed by atoms with Crippen molar-refractivity contribution in [2.75, 3.05) is 21.3 Å². The number of fused-ring (bicyclic) bond motifs is 1. The minimum Gasteiger partial charge on any atom is -0.493 e. The van der Waals surface area contributed by atoms with Crippen LogP contribution in [0.3, 0.4) is 0 Å². The predicted octanol–water partition coefficient (Wildman–Crippen LogP) is 3.72. The summed E-state index contributed by atoms with van der Waals surface area (Å²) in [6.45, 7) is 3.80. The fourth-order valence-corrected chi connectivity index (χ4v) is 3.26. The summed E-state index contributed by atoms with van der Waals surface area (Å²) in [6.07, 6.45) is 0.00816. The third-order valence-electron chi connectivity index (χ3n) is 4.98. The predicted molar refractivity (Wildman–Crippen MR) is 112 cm³/mol. The van der Waals surface area contributed by atoms with Gasteiger partial charge in [-0.15, -0.1) is 0 Å². The van der Waals surface area contributed by atoms with Gasteiger partial charge in [0.05, 0.1) is 27.8 Å². The molecular formula is C23H24O7. The van der Waals surface area contributed by atoms with E-state index in [0.717, 1.165) is 16.5 Å². The van der Waals surface area contributed by atoms with Gasteiger partial charge in [-0.25, -0.2) is 4.79 Å². The fourth-order valence-electron chi connectivity index (χ4n) is 3.26. The number of hydrogen-bond acceptors (Lipinski definition) is 7. The molecule has 0 bridgehead atoms. The Kier molecular flexibility index (Phi) is 6.30. The Bertz CT molecular complexity index is 1120. The van der Waals surface area contributed by atoms with Gasteiger partial charge in [0, 0.05) is 17.0 Å². The van der Waals surface area contributed by atoms with Crippen molar-refractivity contribution in [2.45, 2.75) is 26.9 Å². The molecule has 1 aromatic heterocycles. The van der Waals surface area contributed by atoms with Gasteiger partial charge in [-0.1, -0.05) is 12.1 Å². The third kappa shape index (κ3) is 4.25. The van der Waals surface area contributed by atoms with E-state index >= 15 is 0 Å². The molecule has 0 aliphatic rings. The highest BCUT2D eigenvalue weighted by Gasteiger charge is 2.16. The molecule has 0 aliphatic carbocycles. The smallest absolute Gasteiger partial charge is 0.336 e. The van der Waals surface area contributed by atoms with Gasteiger partial charge < -0.3 is 23.4 Å². The van der Waals surface area contributed by atoms with E-state index in [1.54, 1.807) is 12.1 Å². The van der Waals surface area contributed by atoms with Crippen molar-refractivity contribution >= 4 is 16.9 Å². The van der Waals surface area contributed by atoms with E-state index in [9.17, 15) is 9.59 Å². The standard InChI is InChI=1S/C23H24O7/c1-13-6-7-17-16(11-21(25)30-22(17)14(13)2)12-29-20(24)10-15-8-18(26-3)23(28-5)19(9-15)27-4/h6-9,11H,10,12H2,1-5H3. The normalized spacial score (nSPS) is 10.7. The van der Waals surface area contributed by atoms with Crippen LogP contribution in [0.15, 0.2) is 39.5 Å². The SMILES string of the molecule is COc1cc(CC(=O)OCc2cc(=O)oc3c(C)c(C)ccc23)cc(OC)c1OC. The molecule has 7 heteroatoms. The Balaban J connectivity index is 1.80. The van der Waals surface area contributed by atoms with Crippen LogP contribution in [0.25, 0.3) is 11.0 Å². The molecule has 158 valence electrons. The van der Waals surface area contributed by atoms with Crippen molar-refractivity contribution in [1.29, 1.82) is 0 Å². The first-order valence-corrected chi connectivity index (χ1v) is 9.35. The van der Waals surface area contributed by atoms with Crippen molar-refractivity contribution in [1.82, 2.24) is 0 Å². The highest BCUT2D eigenvalue weighted by atomic mass is 16.5. The first kappa shape index (κ1) is 21.2. The van der Waals surface area contributed by atoms with Gasteiger partial charge in [-0.05, 0) is 42.7 Å². The Hall–Kier alpha value is -3.48. The zero-order chi connectivity index (χ0) is 21.8. The highest BCUT2D eigenvalue weighted by Crippen LogP contribution is 2.38. The monoisotopic (exact) mass is 412 g/mol. The van der Waals surface area contributed by atoms with Crippen LogP contribution >= 0.6 is 0 Å². The van der Waals surface area contributed by atoms with Gasteiger partial charge in [-0.3, -0.25) is 4.79 Å². The average molecular weight is 412 g/mol. The highest BCUT2D eigenvalue weighted by molar-refractivity contribution is 5.84. The molecule has 0 radical (unpaired) electrons. The quantitative estimate of drug-likeness (QED) is 0.432. The minimum atomic E-state index is -0.480. The lowest BCUT2D eigenvalue weighted by molar-refractivity contribution is -0.144. The molecule has 3 rings (SSSR count). The summed E-state index contributed by atoms with van der Waals surface area (Å²) < 4.78 is 26.7. The number of rotatable bonds is 7. The molecule has 30 heavy (non-hydrogen) atoms. The fraction of sp³-hybridized carbons (Fsp3) is 0.304. The number of carbonyl (C=O) groups excluding carboxylic acids is 1. The molecule has 0 unspecified atom stereocenters. The second-order valence-corrected chi connectivity index (χ2v) is 6.85. The molecule has 0 aliphatic heterocycles. The summed E-state index contributed by atoms with van der Waals surface area (Å²) in [5, 5.41) is 0.748. The summed E-state index contributed by atoms with van der Waals surface area (Å²) >= 11 is 0. The maximum Gasteiger partial charge on any atom is 0.336 e. The van der Waals surface area contributed by atoms with Crippen LogP contribution in [0, 0.1) is 13.8 Å². The lowest BCUT2D eigenvalue weighted by Gasteiger charge is -2.14. The topological polar surface area (TPSA) is 84.2 Å². The van der Waals surface area contributed by atoms with Crippen LogP contribution in [0.4, 0.5) is 0 Å². The summed E-state index contributed by atoms with van der Waals surface area (Å²) in [5.74, 6) is 0.911. The number of hydrogen-bond donors (Lipinski definition) is 0. The molecular weight excluding hydrogens is 388 g/mol. The number of ether oxygens (including phenoxy) is 4. The summed E-state index contributed by atoms with van der Waals surface area (Å²) in [7, 11) is 4.53. The molecule has 0 saturated heterocycles. The van der Waals surface area contributed by atoms with Gasteiger partial charge in [0.15, 0.2) is 11.5 Å². The molecule has 3 aromatic rings. The van der Waals surface area contributed by atoms with Crippen LogP contribution in [-0.2, 0) is 22.6 Å². The van der Waals surface area contributed by atoms with Crippen molar-refractivity contribution in [3.8, 4) is 17.2 Å². The first-order valence-electron chi connectivity index (χ1n) is 9.35.